The Morgan fingerprint density at radius 2 is 1.89 bits per heavy atom. The van der Waals surface area contributed by atoms with Crippen LogP contribution in [0.3, 0.4) is 0 Å². The number of carbonyl (C=O) groups excluding carboxylic acids is 2. The molecule has 3 amide bonds. The van der Waals surface area contributed by atoms with E-state index < -0.39 is 6.10 Å². The zero-order chi connectivity index (χ0) is 25.1. The van der Waals surface area contributed by atoms with Crippen LogP contribution in [0, 0.1) is 0 Å². The van der Waals surface area contributed by atoms with Crippen molar-refractivity contribution >= 4 is 17.6 Å². The largest absolute Gasteiger partial charge is 0.487 e. The SMILES string of the molecule is C[C@@H](NC(=O)C[C@H]1C[C@H]2c3cc(NC(=O)NC4CCCC4)ccc3O[C@H]2[C@@H](CO)O1)c1ccccc1. The van der Waals surface area contributed by atoms with Crippen LogP contribution in [0.4, 0.5) is 10.5 Å². The molecule has 2 aromatic rings. The van der Waals surface area contributed by atoms with E-state index in [-0.39, 0.29) is 55.2 Å². The van der Waals surface area contributed by atoms with Crippen LogP contribution in [-0.2, 0) is 9.53 Å². The average Bonchev–Trinajstić information content (AvgIpc) is 3.51. The summed E-state index contributed by atoms with van der Waals surface area (Å²) < 4.78 is 12.2. The zero-order valence-corrected chi connectivity index (χ0v) is 20.6. The number of fused-ring (bicyclic) bond motifs is 3. The third kappa shape index (κ3) is 5.50. The van der Waals surface area contributed by atoms with Gasteiger partial charge in [-0.15, -0.1) is 0 Å². The van der Waals surface area contributed by atoms with E-state index in [9.17, 15) is 14.7 Å². The fraction of sp³-hybridized carbons (Fsp3) is 0.500. The van der Waals surface area contributed by atoms with Gasteiger partial charge in [-0.25, -0.2) is 4.79 Å². The minimum atomic E-state index is -0.525. The summed E-state index contributed by atoms with van der Waals surface area (Å²) in [5, 5.41) is 19.0. The maximum Gasteiger partial charge on any atom is 0.319 e. The van der Waals surface area contributed by atoms with Gasteiger partial charge in [0.25, 0.3) is 0 Å². The molecule has 1 aliphatic carbocycles. The molecule has 4 N–H and O–H groups in total. The number of hydrogen-bond acceptors (Lipinski definition) is 5. The van der Waals surface area contributed by atoms with Crippen LogP contribution in [-0.4, -0.2) is 48.0 Å². The van der Waals surface area contributed by atoms with Crippen LogP contribution in [0.1, 0.15) is 68.5 Å². The minimum Gasteiger partial charge on any atom is -0.487 e. The highest BCUT2D eigenvalue weighted by Crippen LogP contribution is 2.47. The van der Waals surface area contributed by atoms with Crippen molar-refractivity contribution in [2.24, 2.45) is 0 Å². The molecule has 5 atom stereocenters. The summed E-state index contributed by atoms with van der Waals surface area (Å²) >= 11 is 0. The van der Waals surface area contributed by atoms with E-state index in [2.05, 4.69) is 16.0 Å². The van der Waals surface area contributed by atoms with Crippen molar-refractivity contribution in [1.29, 1.82) is 0 Å². The molecule has 8 nitrogen and oxygen atoms in total. The first-order valence-electron chi connectivity index (χ1n) is 13.0. The van der Waals surface area contributed by atoms with E-state index >= 15 is 0 Å². The fourth-order valence-electron chi connectivity index (χ4n) is 5.72. The molecular formula is C28H35N3O5. The Hall–Kier alpha value is -3.10. The number of aliphatic hydroxyl groups is 1. The van der Waals surface area contributed by atoms with Crippen LogP contribution in [0.2, 0.25) is 0 Å². The number of nitrogens with one attached hydrogen (secondary N) is 3. The monoisotopic (exact) mass is 493 g/mol. The second kappa shape index (κ2) is 10.9. The number of carbonyl (C=O) groups is 2. The van der Waals surface area contributed by atoms with E-state index in [0.717, 1.165) is 42.6 Å². The van der Waals surface area contributed by atoms with Gasteiger partial charge in [0.15, 0.2) is 0 Å². The molecule has 0 aromatic heterocycles. The van der Waals surface area contributed by atoms with E-state index in [1.807, 2.05) is 55.5 Å². The molecule has 5 rings (SSSR count). The second-order valence-corrected chi connectivity index (χ2v) is 10.1. The Labute approximate surface area is 211 Å². The predicted octanol–water partition coefficient (Wildman–Crippen LogP) is 4.01. The normalized spacial score (nSPS) is 25.8. The number of benzene rings is 2. The van der Waals surface area contributed by atoms with Crippen LogP contribution in [0.5, 0.6) is 5.75 Å². The Balaban J connectivity index is 1.23. The first-order chi connectivity index (χ1) is 17.5. The first kappa shape index (κ1) is 24.6. The summed E-state index contributed by atoms with van der Waals surface area (Å²) in [7, 11) is 0. The molecule has 2 fully saturated rings. The van der Waals surface area contributed by atoms with Crippen molar-refractivity contribution in [3.8, 4) is 5.75 Å². The van der Waals surface area contributed by atoms with Crippen molar-refractivity contribution in [3.05, 3.63) is 59.7 Å². The van der Waals surface area contributed by atoms with Crippen LogP contribution >= 0.6 is 0 Å². The summed E-state index contributed by atoms with van der Waals surface area (Å²) in [6, 6.07) is 15.4. The van der Waals surface area contributed by atoms with Crippen LogP contribution in [0.25, 0.3) is 0 Å². The van der Waals surface area contributed by atoms with Crippen molar-refractivity contribution < 1.29 is 24.2 Å². The average molecular weight is 494 g/mol. The summed E-state index contributed by atoms with van der Waals surface area (Å²) in [5.74, 6) is 0.608. The van der Waals surface area contributed by atoms with Crippen molar-refractivity contribution in [2.75, 3.05) is 11.9 Å². The maximum absolute atomic E-state index is 12.8. The van der Waals surface area contributed by atoms with Crippen molar-refractivity contribution in [1.82, 2.24) is 10.6 Å². The summed E-state index contributed by atoms with van der Waals surface area (Å²) in [5.41, 5.74) is 2.72. The van der Waals surface area contributed by atoms with E-state index in [0.29, 0.717) is 12.1 Å². The molecule has 192 valence electrons. The minimum absolute atomic E-state index is 0.0325. The fourth-order valence-corrected chi connectivity index (χ4v) is 5.72. The van der Waals surface area contributed by atoms with Crippen LogP contribution < -0.4 is 20.7 Å². The Bertz CT molecular complexity index is 1070. The third-order valence-corrected chi connectivity index (χ3v) is 7.54. The topological polar surface area (TPSA) is 109 Å². The van der Waals surface area contributed by atoms with Gasteiger partial charge in [-0.3, -0.25) is 4.79 Å². The molecule has 1 saturated carbocycles. The van der Waals surface area contributed by atoms with Gasteiger partial charge in [-0.1, -0.05) is 43.2 Å². The first-order valence-corrected chi connectivity index (χ1v) is 13.0. The van der Waals surface area contributed by atoms with E-state index in [4.69, 9.17) is 9.47 Å². The molecule has 0 radical (unpaired) electrons. The standard InChI is InChI=1S/C28H35N3O5/c1-17(18-7-3-2-4-8-18)29-26(33)15-21-14-23-22-13-20(31-28(34)30-19-9-5-6-10-19)11-12-24(22)36-27(23)25(16-32)35-21/h2-4,7-8,11-13,17,19,21,23,25,27,32H,5-6,9-10,14-16H2,1H3,(H,29,33)(H2,30,31,34)/t17-,21-,23+,25-,27-/m1/s1. The summed E-state index contributed by atoms with van der Waals surface area (Å²) in [4.78, 5) is 25.3. The number of ether oxygens (including phenoxy) is 2. The number of urea groups is 1. The molecule has 8 heteroatoms. The number of rotatable bonds is 7. The molecule has 36 heavy (non-hydrogen) atoms. The highest BCUT2D eigenvalue weighted by Gasteiger charge is 2.46. The van der Waals surface area contributed by atoms with Crippen molar-refractivity contribution in [3.63, 3.8) is 0 Å². The summed E-state index contributed by atoms with van der Waals surface area (Å²) in [6.45, 7) is 1.77. The maximum atomic E-state index is 12.8. The number of hydrogen-bond donors (Lipinski definition) is 4. The Morgan fingerprint density at radius 1 is 1.11 bits per heavy atom. The number of anilines is 1. The number of amides is 3. The molecule has 2 aromatic carbocycles. The van der Waals surface area contributed by atoms with Crippen LogP contribution in [0.15, 0.2) is 48.5 Å². The van der Waals surface area contributed by atoms with Gasteiger partial charge in [0.05, 0.1) is 25.2 Å². The Kier molecular flexibility index (Phi) is 7.43. The lowest BCUT2D eigenvalue weighted by Crippen LogP contribution is -2.47. The van der Waals surface area contributed by atoms with E-state index in [1.54, 1.807) is 0 Å². The van der Waals surface area contributed by atoms with Gasteiger partial charge in [0, 0.05) is 23.2 Å². The lowest BCUT2D eigenvalue weighted by atomic mass is 9.84. The molecule has 1 saturated heterocycles. The van der Waals surface area contributed by atoms with Gasteiger partial charge in [-0.2, -0.15) is 0 Å². The third-order valence-electron chi connectivity index (χ3n) is 7.54. The van der Waals surface area contributed by atoms with Crippen molar-refractivity contribution in [2.45, 2.75) is 81.8 Å². The Morgan fingerprint density at radius 3 is 2.64 bits per heavy atom. The molecular weight excluding hydrogens is 458 g/mol. The zero-order valence-electron chi connectivity index (χ0n) is 20.6. The van der Waals surface area contributed by atoms with Gasteiger partial charge in [0.2, 0.25) is 5.91 Å². The highest BCUT2D eigenvalue weighted by atomic mass is 16.6. The molecule has 2 aliphatic heterocycles. The highest BCUT2D eigenvalue weighted by molar-refractivity contribution is 5.89. The quantitative estimate of drug-likeness (QED) is 0.466. The molecule has 0 bridgehead atoms. The molecule has 0 spiro atoms. The van der Waals surface area contributed by atoms with Gasteiger partial charge >= 0.3 is 6.03 Å². The van der Waals surface area contributed by atoms with Gasteiger partial charge < -0.3 is 30.5 Å². The molecule has 3 aliphatic rings. The lowest BCUT2D eigenvalue weighted by molar-refractivity contribution is -0.142. The van der Waals surface area contributed by atoms with E-state index in [1.165, 1.54) is 0 Å². The molecule has 2 heterocycles. The van der Waals surface area contributed by atoms with Gasteiger partial charge in [-0.05, 0) is 49.9 Å². The summed E-state index contributed by atoms with van der Waals surface area (Å²) in [6.07, 6.45) is 3.97. The predicted molar refractivity (Wildman–Crippen MR) is 136 cm³/mol. The lowest BCUT2D eigenvalue weighted by Gasteiger charge is -2.37. The smallest absolute Gasteiger partial charge is 0.319 e. The second-order valence-electron chi connectivity index (χ2n) is 10.1. The number of aliphatic hydroxyl groups excluding tert-OH is 1. The van der Waals surface area contributed by atoms with Gasteiger partial charge in [0.1, 0.15) is 18.0 Å². The molecule has 0 unspecified atom stereocenters.